The van der Waals surface area contributed by atoms with Crippen molar-refractivity contribution < 1.29 is 4.79 Å². The number of carbonyl (C=O) groups is 1. The highest BCUT2D eigenvalue weighted by molar-refractivity contribution is 6.05. The lowest BCUT2D eigenvalue weighted by Gasteiger charge is -2.10. The van der Waals surface area contributed by atoms with Gasteiger partial charge in [0, 0.05) is 25.3 Å². The summed E-state index contributed by atoms with van der Waals surface area (Å²) in [5, 5.41) is 2.93. The van der Waals surface area contributed by atoms with Crippen LogP contribution in [0.4, 0.5) is 5.69 Å². The summed E-state index contributed by atoms with van der Waals surface area (Å²) >= 11 is 0. The minimum atomic E-state index is -0.159. The van der Waals surface area contributed by atoms with Gasteiger partial charge in [-0.25, -0.2) is 4.79 Å². The largest absolute Gasteiger partial charge is 0.328 e. The number of rotatable bonds is 2. The summed E-state index contributed by atoms with van der Waals surface area (Å²) < 4.78 is 3.18. The van der Waals surface area contributed by atoms with Gasteiger partial charge in [-0.2, -0.15) is 0 Å². The first-order valence-electron chi connectivity index (χ1n) is 7.42. The van der Waals surface area contributed by atoms with Crippen molar-refractivity contribution in [3.63, 3.8) is 0 Å². The fourth-order valence-electron chi connectivity index (χ4n) is 2.68. The molecule has 3 rings (SSSR count). The second-order valence-electron chi connectivity index (χ2n) is 5.88. The number of aryl methyl sites for hydroxylation is 4. The highest BCUT2D eigenvalue weighted by Crippen LogP contribution is 2.23. The van der Waals surface area contributed by atoms with Crippen LogP contribution in [-0.2, 0) is 14.1 Å². The van der Waals surface area contributed by atoms with Gasteiger partial charge in [0.2, 0.25) is 0 Å². The van der Waals surface area contributed by atoms with E-state index in [-0.39, 0.29) is 11.6 Å². The molecule has 0 atom stereocenters. The molecule has 0 aliphatic rings. The molecule has 118 valence electrons. The predicted molar refractivity (Wildman–Crippen MR) is 92.0 cm³/mol. The average Bonchev–Trinajstić information content (AvgIpc) is 2.73. The Morgan fingerprint density at radius 3 is 2.13 bits per heavy atom. The zero-order valence-corrected chi connectivity index (χ0v) is 13.7. The number of imidazole rings is 1. The van der Waals surface area contributed by atoms with Crippen LogP contribution in [0.2, 0.25) is 0 Å². The molecule has 5 heteroatoms. The van der Waals surface area contributed by atoms with Crippen LogP contribution in [-0.4, -0.2) is 15.0 Å². The summed E-state index contributed by atoms with van der Waals surface area (Å²) in [5.74, 6) is -0.159. The highest BCUT2D eigenvalue weighted by atomic mass is 16.2. The monoisotopic (exact) mass is 309 g/mol. The van der Waals surface area contributed by atoms with Gasteiger partial charge in [-0.05, 0) is 43.7 Å². The van der Waals surface area contributed by atoms with Gasteiger partial charge < -0.3 is 5.32 Å². The third-order valence-electron chi connectivity index (χ3n) is 4.18. The molecule has 5 nitrogen and oxygen atoms in total. The predicted octanol–water partition coefficient (Wildman–Crippen LogP) is 2.75. The number of fused-ring (bicyclic) bond motifs is 1. The Bertz CT molecular complexity index is 963. The zero-order chi connectivity index (χ0) is 16.7. The van der Waals surface area contributed by atoms with Crippen molar-refractivity contribution in [3.05, 3.63) is 63.6 Å². The van der Waals surface area contributed by atoms with Gasteiger partial charge in [0.05, 0.1) is 11.0 Å². The lowest BCUT2D eigenvalue weighted by atomic mass is 10.1. The molecule has 1 N–H and O–H groups in total. The molecule has 0 unspecified atom stereocenters. The van der Waals surface area contributed by atoms with Crippen LogP contribution < -0.4 is 11.0 Å². The Morgan fingerprint density at radius 2 is 1.52 bits per heavy atom. The van der Waals surface area contributed by atoms with Crippen LogP contribution in [0.15, 0.2) is 41.2 Å². The maximum absolute atomic E-state index is 12.4. The summed E-state index contributed by atoms with van der Waals surface area (Å²) in [6, 6.07) is 11.2. The van der Waals surface area contributed by atoms with E-state index in [0.717, 1.165) is 22.2 Å². The number of nitrogens with zero attached hydrogens (tertiary/aromatic N) is 2. The van der Waals surface area contributed by atoms with E-state index in [4.69, 9.17) is 0 Å². The van der Waals surface area contributed by atoms with Crippen LogP contribution in [0, 0.1) is 13.8 Å². The number of carbonyl (C=O) groups excluding carboxylic acids is 1. The van der Waals surface area contributed by atoms with E-state index >= 15 is 0 Å². The summed E-state index contributed by atoms with van der Waals surface area (Å²) in [7, 11) is 3.47. The molecule has 3 aromatic rings. The first kappa shape index (κ1) is 15.1. The minimum absolute atomic E-state index is 0.0820. The van der Waals surface area contributed by atoms with Crippen molar-refractivity contribution in [2.75, 3.05) is 5.32 Å². The smallest absolute Gasteiger partial charge is 0.322 e. The van der Waals surface area contributed by atoms with Crippen LogP contribution in [0.25, 0.3) is 11.0 Å². The topological polar surface area (TPSA) is 56.0 Å². The fraction of sp³-hybridized carbons (Fsp3) is 0.222. The first-order chi connectivity index (χ1) is 10.9. The molecule has 1 aromatic heterocycles. The molecule has 0 aliphatic heterocycles. The molecule has 0 fully saturated rings. The van der Waals surface area contributed by atoms with Crippen molar-refractivity contribution in [3.8, 4) is 0 Å². The van der Waals surface area contributed by atoms with Crippen molar-refractivity contribution in [2.45, 2.75) is 13.8 Å². The number of benzene rings is 2. The standard InChI is InChI=1S/C18H19N3O2/c1-11-5-7-13(8-6-11)17(22)19-14-10-16-15(9-12(14)2)20(3)18(23)21(16)4/h5-10H,1-4H3,(H,19,22). The molecule has 23 heavy (non-hydrogen) atoms. The van der Waals surface area contributed by atoms with Gasteiger partial charge in [0.25, 0.3) is 5.91 Å². The number of hydrogen-bond acceptors (Lipinski definition) is 2. The normalized spacial score (nSPS) is 11.0. The number of nitrogens with one attached hydrogen (secondary N) is 1. The van der Waals surface area contributed by atoms with E-state index < -0.39 is 0 Å². The molecule has 0 bridgehead atoms. The molecular formula is C18H19N3O2. The molecule has 0 radical (unpaired) electrons. The van der Waals surface area contributed by atoms with Gasteiger partial charge in [-0.15, -0.1) is 0 Å². The van der Waals surface area contributed by atoms with Crippen molar-refractivity contribution in [2.24, 2.45) is 14.1 Å². The van der Waals surface area contributed by atoms with E-state index in [1.54, 1.807) is 35.4 Å². The van der Waals surface area contributed by atoms with E-state index in [1.165, 1.54) is 0 Å². The Labute approximate surface area is 134 Å². The van der Waals surface area contributed by atoms with Crippen LogP contribution in [0.3, 0.4) is 0 Å². The van der Waals surface area contributed by atoms with E-state index in [0.29, 0.717) is 11.3 Å². The second kappa shape index (κ2) is 5.43. The van der Waals surface area contributed by atoms with Crippen LogP contribution >= 0.6 is 0 Å². The van der Waals surface area contributed by atoms with Gasteiger partial charge in [0.1, 0.15) is 0 Å². The molecule has 0 saturated carbocycles. The number of anilines is 1. The van der Waals surface area contributed by atoms with E-state index in [2.05, 4.69) is 5.32 Å². The minimum Gasteiger partial charge on any atom is -0.322 e. The molecule has 1 heterocycles. The Balaban J connectivity index is 2.01. The Hall–Kier alpha value is -2.82. The van der Waals surface area contributed by atoms with Crippen molar-refractivity contribution in [1.29, 1.82) is 0 Å². The van der Waals surface area contributed by atoms with Crippen molar-refractivity contribution >= 4 is 22.6 Å². The third kappa shape index (κ3) is 2.54. The Kier molecular flexibility index (Phi) is 3.56. The lowest BCUT2D eigenvalue weighted by Crippen LogP contribution is -2.19. The number of hydrogen-bond donors (Lipinski definition) is 1. The maximum Gasteiger partial charge on any atom is 0.328 e. The summed E-state index contributed by atoms with van der Waals surface area (Å²) in [6.07, 6.45) is 0. The SMILES string of the molecule is Cc1ccc(C(=O)Nc2cc3c(cc2C)n(C)c(=O)n3C)cc1. The maximum atomic E-state index is 12.4. The average molecular weight is 309 g/mol. The zero-order valence-electron chi connectivity index (χ0n) is 13.7. The second-order valence-corrected chi connectivity index (χ2v) is 5.88. The third-order valence-corrected chi connectivity index (χ3v) is 4.18. The van der Waals surface area contributed by atoms with Crippen LogP contribution in [0.1, 0.15) is 21.5 Å². The van der Waals surface area contributed by atoms with E-state index in [1.807, 2.05) is 38.1 Å². The quantitative estimate of drug-likeness (QED) is 0.791. The van der Waals surface area contributed by atoms with Gasteiger partial charge in [-0.3, -0.25) is 13.9 Å². The van der Waals surface area contributed by atoms with Crippen LogP contribution in [0.5, 0.6) is 0 Å². The molecule has 0 saturated heterocycles. The van der Waals surface area contributed by atoms with Crippen molar-refractivity contribution in [1.82, 2.24) is 9.13 Å². The summed E-state index contributed by atoms with van der Waals surface area (Å²) in [5.41, 5.74) is 4.91. The lowest BCUT2D eigenvalue weighted by molar-refractivity contribution is 0.102. The molecule has 2 aromatic carbocycles. The Morgan fingerprint density at radius 1 is 0.957 bits per heavy atom. The number of amides is 1. The first-order valence-corrected chi connectivity index (χ1v) is 7.42. The van der Waals surface area contributed by atoms with E-state index in [9.17, 15) is 9.59 Å². The molecule has 0 aliphatic carbocycles. The summed E-state index contributed by atoms with van der Waals surface area (Å²) in [6.45, 7) is 3.90. The fourth-order valence-corrected chi connectivity index (χ4v) is 2.68. The molecule has 0 spiro atoms. The summed E-state index contributed by atoms with van der Waals surface area (Å²) in [4.78, 5) is 24.4. The van der Waals surface area contributed by atoms with Gasteiger partial charge in [0.15, 0.2) is 0 Å². The van der Waals surface area contributed by atoms with Gasteiger partial charge in [-0.1, -0.05) is 17.7 Å². The molecular weight excluding hydrogens is 290 g/mol. The molecule has 1 amide bonds. The number of aromatic nitrogens is 2. The highest BCUT2D eigenvalue weighted by Gasteiger charge is 2.13. The van der Waals surface area contributed by atoms with Gasteiger partial charge >= 0.3 is 5.69 Å².